The number of benzene rings is 8. The summed E-state index contributed by atoms with van der Waals surface area (Å²) in [4.78, 5) is 9.38. The van der Waals surface area contributed by atoms with Gasteiger partial charge in [0, 0.05) is 39.6 Å². The third-order valence-corrected chi connectivity index (χ3v) is 9.90. The van der Waals surface area contributed by atoms with Gasteiger partial charge in [0.05, 0.1) is 22.1 Å². The van der Waals surface area contributed by atoms with Crippen LogP contribution in [0.2, 0.25) is 0 Å². The van der Waals surface area contributed by atoms with Gasteiger partial charge in [-0.2, -0.15) is 0 Å². The molecule has 0 unspecified atom stereocenters. The summed E-state index contributed by atoms with van der Waals surface area (Å²) in [6.45, 7) is 0. The normalized spacial score (nSPS) is 11.7. The molecule has 10 aromatic rings. The molecule has 0 saturated heterocycles. The quantitative estimate of drug-likeness (QED) is 0.183. The molecule has 228 valence electrons. The Morgan fingerprint density at radius 1 is 0.306 bits per heavy atom. The second kappa shape index (κ2) is 11.0. The number of nitrogens with zero attached hydrogens (tertiary/aromatic N) is 3. The highest BCUT2D eigenvalue weighted by Crippen LogP contribution is 2.37. The van der Waals surface area contributed by atoms with Crippen molar-refractivity contribution in [1.29, 1.82) is 0 Å². The smallest absolute Gasteiger partial charge is 0.0971 e. The highest BCUT2D eigenvalue weighted by Gasteiger charge is 2.13. The molecule has 0 saturated carbocycles. The fourth-order valence-electron chi connectivity index (χ4n) is 7.55. The molecule has 2 heterocycles. The molecule has 0 bridgehead atoms. The number of rotatable bonds is 4. The van der Waals surface area contributed by atoms with Crippen LogP contribution >= 0.6 is 0 Å². The SMILES string of the molecule is c1cc(-c2ccc(-c3ccc(-c4ccc5c(c4)c4ccccc4c4nccnc54)cc3)cc2)cc(-n2c3ccccc3c3ccccc32)c1. The van der Waals surface area contributed by atoms with Crippen molar-refractivity contribution in [2.45, 2.75) is 0 Å². The fourth-order valence-corrected chi connectivity index (χ4v) is 7.55. The third kappa shape index (κ3) is 4.44. The van der Waals surface area contributed by atoms with E-state index >= 15 is 0 Å². The van der Waals surface area contributed by atoms with Crippen molar-refractivity contribution < 1.29 is 0 Å². The molecule has 10 rings (SSSR count). The minimum Gasteiger partial charge on any atom is -0.309 e. The first-order valence-corrected chi connectivity index (χ1v) is 16.7. The van der Waals surface area contributed by atoms with Crippen LogP contribution in [0.15, 0.2) is 176 Å². The summed E-state index contributed by atoms with van der Waals surface area (Å²) in [7, 11) is 0. The van der Waals surface area contributed by atoms with E-state index in [1.807, 2.05) is 0 Å². The van der Waals surface area contributed by atoms with E-state index in [9.17, 15) is 0 Å². The zero-order chi connectivity index (χ0) is 32.3. The van der Waals surface area contributed by atoms with Crippen LogP contribution in [0.5, 0.6) is 0 Å². The van der Waals surface area contributed by atoms with Crippen molar-refractivity contribution in [3.05, 3.63) is 176 Å². The first kappa shape index (κ1) is 27.5. The van der Waals surface area contributed by atoms with Crippen LogP contribution in [0.3, 0.4) is 0 Å². The average molecular weight is 624 g/mol. The molecule has 8 aromatic carbocycles. The second-order valence-corrected chi connectivity index (χ2v) is 12.6. The topological polar surface area (TPSA) is 30.7 Å². The summed E-state index contributed by atoms with van der Waals surface area (Å²) >= 11 is 0. The van der Waals surface area contributed by atoms with E-state index in [0.717, 1.165) is 27.5 Å². The number of aromatic nitrogens is 3. The lowest BCUT2D eigenvalue weighted by atomic mass is 9.94. The lowest BCUT2D eigenvalue weighted by Crippen LogP contribution is -1.94. The summed E-state index contributed by atoms with van der Waals surface area (Å²) in [6, 6.07) is 59.2. The molecule has 0 aliphatic rings. The highest BCUT2D eigenvalue weighted by atomic mass is 15.0. The number of hydrogen-bond acceptors (Lipinski definition) is 2. The van der Waals surface area contributed by atoms with E-state index in [1.54, 1.807) is 12.4 Å². The lowest BCUT2D eigenvalue weighted by Gasteiger charge is -2.12. The standard InChI is InChI=1S/C46H29N3/c1-2-13-40-37(10-1)42-29-35(24-25-41(42)46-45(40)47-26-27-48-46)33-22-18-31(19-23-33)30-16-20-32(21-17-30)34-8-7-9-36(28-34)49-43-14-5-3-11-38(43)39-12-4-6-15-44(39)49/h1-29H. The molecule has 0 fully saturated rings. The summed E-state index contributed by atoms with van der Waals surface area (Å²) < 4.78 is 2.37. The fraction of sp³-hybridized carbons (Fsp3) is 0. The molecule has 0 atom stereocenters. The largest absolute Gasteiger partial charge is 0.309 e. The molecule has 0 aliphatic heterocycles. The van der Waals surface area contributed by atoms with Crippen LogP contribution in [0.4, 0.5) is 0 Å². The minimum absolute atomic E-state index is 0.944. The molecular weight excluding hydrogens is 595 g/mol. The van der Waals surface area contributed by atoms with Crippen molar-refractivity contribution in [2.75, 3.05) is 0 Å². The Morgan fingerprint density at radius 3 is 1.35 bits per heavy atom. The Kier molecular flexibility index (Phi) is 6.18. The predicted molar refractivity (Wildman–Crippen MR) is 205 cm³/mol. The van der Waals surface area contributed by atoms with Crippen LogP contribution in [0.25, 0.3) is 93.5 Å². The monoisotopic (exact) mass is 623 g/mol. The summed E-state index contributed by atoms with van der Waals surface area (Å²) in [5.74, 6) is 0. The lowest BCUT2D eigenvalue weighted by molar-refractivity contribution is 1.18. The molecule has 3 nitrogen and oxygen atoms in total. The molecule has 0 N–H and O–H groups in total. The van der Waals surface area contributed by atoms with Gasteiger partial charge < -0.3 is 4.57 Å². The first-order chi connectivity index (χ1) is 24.3. The molecule has 0 spiro atoms. The van der Waals surface area contributed by atoms with Gasteiger partial charge in [0.2, 0.25) is 0 Å². The van der Waals surface area contributed by atoms with Crippen molar-refractivity contribution in [3.8, 4) is 39.1 Å². The Bertz CT molecular complexity index is 2770. The summed E-state index contributed by atoms with van der Waals surface area (Å²) in [5, 5.41) is 7.20. The van der Waals surface area contributed by atoms with Gasteiger partial charge in [0.1, 0.15) is 0 Å². The van der Waals surface area contributed by atoms with Gasteiger partial charge in [-0.25, -0.2) is 0 Å². The van der Waals surface area contributed by atoms with E-state index in [-0.39, 0.29) is 0 Å². The first-order valence-electron chi connectivity index (χ1n) is 16.7. The molecule has 0 amide bonds. The van der Waals surface area contributed by atoms with E-state index in [0.29, 0.717) is 0 Å². The van der Waals surface area contributed by atoms with E-state index in [1.165, 1.54) is 66.0 Å². The zero-order valence-corrected chi connectivity index (χ0v) is 26.6. The maximum Gasteiger partial charge on any atom is 0.0971 e. The predicted octanol–water partition coefficient (Wildman–Crippen LogP) is 12.0. The Balaban J connectivity index is 0.971. The van der Waals surface area contributed by atoms with Crippen LogP contribution in [0.1, 0.15) is 0 Å². The summed E-state index contributed by atoms with van der Waals surface area (Å²) in [6.07, 6.45) is 3.55. The maximum atomic E-state index is 4.71. The van der Waals surface area contributed by atoms with Crippen molar-refractivity contribution in [2.24, 2.45) is 0 Å². The van der Waals surface area contributed by atoms with Gasteiger partial charge in [-0.1, -0.05) is 133 Å². The number of fused-ring (bicyclic) bond motifs is 9. The van der Waals surface area contributed by atoms with Gasteiger partial charge in [0.25, 0.3) is 0 Å². The van der Waals surface area contributed by atoms with Gasteiger partial charge in [-0.05, 0) is 74.5 Å². The highest BCUT2D eigenvalue weighted by molar-refractivity contribution is 6.23. The van der Waals surface area contributed by atoms with Gasteiger partial charge in [-0.15, -0.1) is 0 Å². The molecule has 0 radical (unpaired) electrons. The van der Waals surface area contributed by atoms with Gasteiger partial charge >= 0.3 is 0 Å². The second-order valence-electron chi connectivity index (χ2n) is 12.6. The summed E-state index contributed by atoms with van der Waals surface area (Å²) in [5.41, 5.74) is 12.7. The Labute approximate surface area is 283 Å². The van der Waals surface area contributed by atoms with Crippen molar-refractivity contribution >= 4 is 54.4 Å². The van der Waals surface area contributed by atoms with Crippen molar-refractivity contribution in [1.82, 2.24) is 14.5 Å². The average Bonchev–Trinajstić information content (AvgIpc) is 3.52. The van der Waals surface area contributed by atoms with Crippen molar-refractivity contribution in [3.63, 3.8) is 0 Å². The van der Waals surface area contributed by atoms with Gasteiger partial charge in [0.15, 0.2) is 0 Å². The zero-order valence-electron chi connectivity index (χ0n) is 26.6. The van der Waals surface area contributed by atoms with Gasteiger partial charge in [-0.3, -0.25) is 9.97 Å². The van der Waals surface area contributed by atoms with Crippen LogP contribution < -0.4 is 0 Å². The minimum atomic E-state index is 0.944. The van der Waals surface area contributed by atoms with Crippen LogP contribution in [-0.2, 0) is 0 Å². The molecule has 49 heavy (non-hydrogen) atoms. The maximum absolute atomic E-state index is 4.71. The van der Waals surface area contributed by atoms with Crippen LogP contribution in [0, 0.1) is 0 Å². The van der Waals surface area contributed by atoms with E-state index in [2.05, 4.69) is 173 Å². The molecular formula is C46H29N3. The molecule has 2 aromatic heterocycles. The van der Waals surface area contributed by atoms with Crippen LogP contribution in [-0.4, -0.2) is 14.5 Å². The Hall–Kier alpha value is -6.58. The Morgan fingerprint density at radius 2 is 0.755 bits per heavy atom. The molecule has 0 aliphatic carbocycles. The van der Waals surface area contributed by atoms with E-state index < -0.39 is 0 Å². The molecule has 3 heteroatoms. The number of hydrogen-bond donors (Lipinski definition) is 0. The third-order valence-electron chi connectivity index (χ3n) is 9.90. The van der Waals surface area contributed by atoms with E-state index in [4.69, 9.17) is 4.98 Å². The number of para-hydroxylation sites is 2.